The van der Waals surface area contributed by atoms with Crippen molar-refractivity contribution in [2.24, 2.45) is 0 Å². The highest BCUT2D eigenvalue weighted by molar-refractivity contribution is 5.92. The van der Waals surface area contributed by atoms with E-state index in [0.717, 1.165) is 30.4 Å². The lowest BCUT2D eigenvalue weighted by Gasteiger charge is -2.20. The predicted molar refractivity (Wildman–Crippen MR) is 89.7 cm³/mol. The smallest absolute Gasteiger partial charge is 0.319 e. The number of nitrogens with one attached hydrogen (secondary N) is 2. The molecule has 0 spiro atoms. The highest BCUT2D eigenvalue weighted by Crippen LogP contribution is 2.25. The second-order valence-electron chi connectivity index (χ2n) is 5.85. The van der Waals surface area contributed by atoms with Gasteiger partial charge in [-0.25, -0.2) is 9.78 Å². The molecule has 0 radical (unpaired) electrons. The van der Waals surface area contributed by atoms with Crippen molar-refractivity contribution in [2.45, 2.75) is 32.2 Å². The number of amides is 2. The molecule has 23 heavy (non-hydrogen) atoms. The van der Waals surface area contributed by atoms with E-state index in [1.807, 2.05) is 31.2 Å². The molecule has 0 unspecified atom stereocenters. The summed E-state index contributed by atoms with van der Waals surface area (Å²) in [6, 6.07) is 7.23. The molecule has 0 bridgehead atoms. The van der Waals surface area contributed by atoms with Crippen LogP contribution in [0.2, 0.25) is 0 Å². The summed E-state index contributed by atoms with van der Waals surface area (Å²) in [5.41, 5.74) is 0.747. The Kier molecular flexibility index (Phi) is 4.80. The lowest BCUT2D eigenvalue weighted by atomic mass is 10.2. The normalized spacial score (nSPS) is 15.4. The molecule has 1 aliphatic heterocycles. The predicted octanol–water partition coefficient (Wildman–Crippen LogP) is 3.03. The van der Waals surface area contributed by atoms with Gasteiger partial charge in [0.25, 0.3) is 0 Å². The number of nitrogens with zero attached hydrogens (tertiary/aromatic N) is 2. The molecule has 0 aromatic carbocycles. The first-order valence-electron chi connectivity index (χ1n) is 8.02. The zero-order valence-corrected chi connectivity index (χ0v) is 13.3. The van der Waals surface area contributed by atoms with Crippen molar-refractivity contribution in [3.63, 3.8) is 0 Å². The van der Waals surface area contributed by atoms with Gasteiger partial charge in [-0.3, -0.25) is 0 Å². The van der Waals surface area contributed by atoms with Crippen LogP contribution in [0.4, 0.5) is 16.3 Å². The average Bonchev–Trinajstić information content (AvgIpc) is 3.20. The van der Waals surface area contributed by atoms with E-state index in [4.69, 9.17) is 4.42 Å². The van der Waals surface area contributed by atoms with Gasteiger partial charge in [0.05, 0.1) is 12.0 Å². The Morgan fingerprint density at radius 3 is 2.91 bits per heavy atom. The number of carbonyl (C=O) groups is 1. The van der Waals surface area contributed by atoms with Gasteiger partial charge in [0.15, 0.2) is 5.82 Å². The summed E-state index contributed by atoms with van der Waals surface area (Å²) in [5, 5.41) is 5.84. The molecule has 6 nitrogen and oxygen atoms in total. The highest BCUT2D eigenvalue weighted by atomic mass is 16.3. The van der Waals surface area contributed by atoms with E-state index in [1.54, 1.807) is 12.5 Å². The SMILES string of the molecule is C[C@@H](Cc1ccco1)NC(=O)Nc1cccnc1N1CCCC1. The lowest BCUT2D eigenvalue weighted by Crippen LogP contribution is -2.37. The van der Waals surface area contributed by atoms with Crippen molar-refractivity contribution in [3.8, 4) is 0 Å². The first-order valence-corrected chi connectivity index (χ1v) is 8.02. The number of hydrogen-bond donors (Lipinski definition) is 2. The van der Waals surface area contributed by atoms with E-state index in [-0.39, 0.29) is 12.1 Å². The molecule has 0 aliphatic carbocycles. The second kappa shape index (κ2) is 7.17. The van der Waals surface area contributed by atoms with E-state index in [0.29, 0.717) is 6.42 Å². The van der Waals surface area contributed by atoms with E-state index < -0.39 is 0 Å². The highest BCUT2D eigenvalue weighted by Gasteiger charge is 2.18. The van der Waals surface area contributed by atoms with E-state index >= 15 is 0 Å². The summed E-state index contributed by atoms with van der Waals surface area (Å²) < 4.78 is 5.30. The fraction of sp³-hybridized carbons (Fsp3) is 0.412. The molecule has 2 aromatic rings. The third-order valence-electron chi connectivity index (χ3n) is 3.91. The van der Waals surface area contributed by atoms with Crippen molar-refractivity contribution in [2.75, 3.05) is 23.3 Å². The summed E-state index contributed by atoms with van der Waals surface area (Å²) in [7, 11) is 0. The van der Waals surface area contributed by atoms with Crippen LogP contribution in [0.25, 0.3) is 0 Å². The van der Waals surface area contributed by atoms with Gasteiger partial charge in [-0.15, -0.1) is 0 Å². The number of aromatic nitrogens is 1. The number of anilines is 2. The minimum Gasteiger partial charge on any atom is -0.469 e. The van der Waals surface area contributed by atoms with Crippen LogP contribution in [0.3, 0.4) is 0 Å². The maximum Gasteiger partial charge on any atom is 0.319 e. The van der Waals surface area contributed by atoms with Gasteiger partial charge in [0.1, 0.15) is 5.76 Å². The summed E-state index contributed by atoms with van der Waals surface area (Å²) in [6.07, 6.45) is 6.40. The molecule has 6 heteroatoms. The van der Waals surface area contributed by atoms with Gasteiger partial charge < -0.3 is 20.0 Å². The Labute approximate surface area is 135 Å². The van der Waals surface area contributed by atoms with Crippen LogP contribution in [0.15, 0.2) is 41.1 Å². The maximum absolute atomic E-state index is 12.2. The van der Waals surface area contributed by atoms with Crippen LogP contribution in [-0.2, 0) is 6.42 Å². The van der Waals surface area contributed by atoms with Gasteiger partial charge >= 0.3 is 6.03 Å². The van der Waals surface area contributed by atoms with Crippen molar-refractivity contribution >= 4 is 17.5 Å². The van der Waals surface area contributed by atoms with Crippen LogP contribution in [0, 0.1) is 0 Å². The zero-order chi connectivity index (χ0) is 16.1. The Hall–Kier alpha value is -2.50. The molecule has 2 N–H and O–H groups in total. The Balaban J connectivity index is 1.59. The number of carbonyl (C=O) groups excluding carboxylic acids is 1. The molecule has 2 amide bonds. The molecule has 3 heterocycles. The zero-order valence-electron chi connectivity index (χ0n) is 13.3. The monoisotopic (exact) mass is 314 g/mol. The summed E-state index contributed by atoms with van der Waals surface area (Å²) in [4.78, 5) is 18.9. The molecule has 2 aromatic heterocycles. The van der Waals surface area contributed by atoms with Crippen LogP contribution >= 0.6 is 0 Å². The fourth-order valence-electron chi connectivity index (χ4n) is 2.84. The largest absolute Gasteiger partial charge is 0.469 e. The first kappa shape index (κ1) is 15.4. The fourth-order valence-corrected chi connectivity index (χ4v) is 2.84. The molecular weight excluding hydrogens is 292 g/mol. The minimum absolute atomic E-state index is 0.0203. The van der Waals surface area contributed by atoms with Crippen molar-refractivity contribution in [1.82, 2.24) is 10.3 Å². The number of rotatable bonds is 5. The van der Waals surface area contributed by atoms with Gasteiger partial charge in [-0.1, -0.05) is 0 Å². The molecule has 1 atom stereocenters. The number of pyridine rings is 1. The van der Waals surface area contributed by atoms with Crippen LogP contribution in [0.1, 0.15) is 25.5 Å². The van der Waals surface area contributed by atoms with E-state index in [9.17, 15) is 4.79 Å². The molecule has 1 fully saturated rings. The molecule has 3 rings (SSSR count). The Morgan fingerprint density at radius 2 is 2.17 bits per heavy atom. The van der Waals surface area contributed by atoms with Crippen LogP contribution < -0.4 is 15.5 Å². The standard InChI is InChI=1S/C17H22N4O2/c1-13(12-14-6-5-11-23-14)19-17(22)20-15-7-4-8-18-16(15)21-9-2-3-10-21/h4-8,11,13H,2-3,9-10,12H2,1H3,(H2,19,20,22)/t13-/m0/s1. The van der Waals surface area contributed by atoms with Crippen LogP contribution in [0.5, 0.6) is 0 Å². The number of hydrogen-bond acceptors (Lipinski definition) is 4. The molecule has 1 aliphatic rings. The first-order chi connectivity index (χ1) is 11.2. The summed E-state index contributed by atoms with van der Waals surface area (Å²) in [6.45, 7) is 3.93. The third-order valence-corrected chi connectivity index (χ3v) is 3.91. The Bertz CT molecular complexity index is 636. The lowest BCUT2D eigenvalue weighted by molar-refractivity contribution is 0.248. The number of furan rings is 1. The minimum atomic E-state index is -0.225. The molecular formula is C17H22N4O2. The van der Waals surface area contributed by atoms with Crippen LogP contribution in [-0.4, -0.2) is 30.1 Å². The van der Waals surface area contributed by atoms with E-state index in [1.165, 1.54) is 12.8 Å². The Morgan fingerprint density at radius 1 is 1.35 bits per heavy atom. The second-order valence-corrected chi connectivity index (χ2v) is 5.85. The van der Waals surface area contributed by atoms with Gasteiger partial charge in [-0.05, 0) is 44.0 Å². The quantitative estimate of drug-likeness (QED) is 0.890. The maximum atomic E-state index is 12.2. The van der Waals surface area contributed by atoms with Gasteiger partial charge in [0, 0.05) is 31.7 Å². The summed E-state index contributed by atoms with van der Waals surface area (Å²) >= 11 is 0. The average molecular weight is 314 g/mol. The molecule has 0 saturated carbocycles. The summed E-state index contributed by atoms with van der Waals surface area (Å²) in [5.74, 6) is 1.70. The van der Waals surface area contributed by atoms with Gasteiger partial charge in [-0.2, -0.15) is 0 Å². The van der Waals surface area contributed by atoms with Crippen molar-refractivity contribution in [3.05, 3.63) is 42.5 Å². The molecule has 122 valence electrons. The van der Waals surface area contributed by atoms with Gasteiger partial charge in [0.2, 0.25) is 0 Å². The topological polar surface area (TPSA) is 70.4 Å². The van der Waals surface area contributed by atoms with Crippen molar-refractivity contribution in [1.29, 1.82) is 0 Å². The number of urea groups is 1. The third kappa shape index (κ3) is 4.03. The van der Waals surface area contributed by atoms with Crippen molar-refractivity contribution < 1.29 is 9.21 Å². The van der Waals surface area contributed by atoms with E-state index in [2.05, 4.69) is 20.5 Å². The molecule has 1 saturated heterocycles.